The number of aromatic nitrogens is 3. The molecule has 2 heterocycles. The molecule has 0 aromatic carbocycles. The van der Waals surface area contributed by atoms with Crippen molar-refractivity contribution in [3.63, 3.8) is 0 Å². The summed E-state index contributed by atoms with van der Waals surface area (Å²) in [5.41, 5.74) is -0.324. The van der Waals surface area contributed by atoms with Crippen molar-refractivity contribution in [1.82, 2.24) is 14.6 Å². The van der Waals surface area contributed by atoms with Crippen molar-refractivity contribution in [3.8, 4) is 0 Å². The van der Waals surface area contributed by atoms with Gasteiger partial charge in [0.2, 0.25) is 10.1 Å². The second-order valence-corrected chi connectivity index (χ2v) is 6.29. The van der Waals surface area contributed by atoms with Gasteiger partial charge in [-0.3, -0.25) is 4.79 Å². The molecule has 0 aliphatic heterocycles. The zero-order valence-electron chi connectivity index (χ0n) is 11.7. The lowest BCUT2D eigenvalue weighted by molar-refractivity contribution is -0.132. The minimum atomic E-state index is -4.21. The van der Waals surface area contributed by atoms with E-state index >= 15 is 0 Å². The van der Waals surface area contributed by atoms with Gasteiger partial charge < -0.3 is 4.90 Å². The van der Waals surface area contributed by atoms with E-state index in [1.807, 2.05) is 0 Å². The Labute approximate surface area is 128 Å². The molecule has 1 aliphatic carbocycles. The molecular formula is C13H15F3N4OS. The summed E-state index contributed by atoms with van der Waals surface area (Å²) in [6, 6.07) is 1.34. The molecule has 0 unspecified atom stereocenters. The number of hydrogen-bond donors (Lipinski definition) is 0. The highest BCUT2D eigenvalue weighted by Gasteiger charge is 2.32. The van der Waals surface area contributed by atoms with Crippen molar-refractivity contribution >= 4 is 21.4 Å². The molecule has 0 spiro atoms. The highest BCUT2D eigenvalue weighted by atomic mass is 32.1. The first-order valence-electron chi connectivity index (χ1n) is 7.12. The fourth-order valence-electron chi connectivity index (χ4n) is 2.75. The smallest absolute Gasteiger partial charge is 0.343 e. The topological polar surface area (TPSA) is 50.5 Å². The molecule has 0 amide bonds. The first kappa shape index (κ1) is 15.3. The van der Waals surface area contributed by atoms with E-state index < -0.39 is 12.6 Å². The second-order valence-electron chi connectivity index (χ2n) is 5.36. The van der Waals surface area contributed by atoms with Gasteiger partial charge >= 0.3 is 6.18 Å². The van der Waals surface area contributed by atoms with Gasteiger partial charge in [0.15, 0.2) is 0 Å². The van der Waals surface area contributed by atoms with Crippen molar-refractivity contribution in [3.05, 3.63) is 22.6 Å². The molecule has 0 N–H and O–H groups in total. The molecule has 1 aliphatic rings. The Balaban J connectivity index is 1.92. The molecule has 0 bridgehead atoms. The predicted octanol–water partition coefficient (Wildman–Crippen LogP) is 2.85. The summed E-state index contributed by atoms with van der Waals surface area (Å²) in [5.74, 6) is 0. The van der Waals surface area contributed by atoms with Crippen molar-refractivity contribution in [2.45, 2.75) is 44.3 Å². The monoisotopic (exact) mass is 332 g/mol. The number of rotatable bonds is 4. The van der Waals surface area contributed by atoms with Gasteiger partial charge in [-0.2, -0.15) is 17.7 Å². The quantitative estimate of drug-likeness (QED) is 0.864. The van der Waals surface area contributed by atoms with Gasteiger partial charge in [0.25, 0.3) is 5.56 Å². The molecule has 1 fully saturated rings. The summed E-state index contributed by atoms with van der Waals surface area (Å²) in [6.07, 6.45) is 0.0262. The van der Waals surface area contributed by atoms with Crippen molar-refractivity contribution in [1.29, 1.82) is 0 Å². The van der Waals surface area contributed by atoms with Crippen LogP contribution in [0.3, 0.4) is 0 Å². The summed E-state index contributed by atoms with van der Waals surface area (Å²) in [6.45, 7) is -0.136. The number of halogens is 3. The largest absolute Gasteiger partial charge is 0.390 e. The zero-order valence-corrected chi connectivity index (χ0v) is 12.5. The molecule has 0 radical (unpaired) electrons. The van der Waals surface area contributed by atoms with E-state index in [0.29, 0.717) is 10.1 Å². The normalized spacial score (nSPS) is 16.5. The molecule has 0 atom stereocenters. The third kappa shape index (κ3) is 3.23. The predicted molar refractivity (Wildman–Crippen MR) is 77.4 cm³/mol. The Bertz CT molecular complexity index is 705. The first-order valence-corrected chi connectivity index (χ1v) is 7.94. The third-order valence-corrected chi connectivity index (χ3v) is 4.77. The Morgan fingerprint density at radius 3 is 2.73 bits per heavy atom. The SMILES string of the molecule is O=c1ccnc2sc(N(CCC(F)(F)F)C3CCCC3)nn12. The lowest BCUT2D eigenvalue weighted by Gasteiger charge is -2.28. The van der Waals surface area contributed by atoms with Gasteiger partial charge in [0, 0.05) is 24.8 Å². The van der Waals surface area contributed by atoms with Crippen molar-refractivity contribution in [2.75, 3.05) is 11.4 Å². The van der Waals surface area contributed by atoms with Crippen LogP contribution in [-0.2, 0) is 0 Å². The zero-order chi connectivity index (χ0) is 15.7. The standard InChI is InChI=1S/C13H15F3N4OS/c14-13(15,16)6-8-19(9-3-1-2-4-9)12-18-20-10(21)5-7-17-11(20)22-12/h5,7,9H,1-4,6,8H2. The summed E-state index contributed by atoms with van der Waals surface area (Å²) >= 11 is 1.16. The van der Waals surface area contributed by atoms with Crippen LogP contribution in [-0.4, -0.2) is 33.4 Å². The molecule has 5 nitrogen and oxygen atoms in total. The molecule has 9 heteroatoms. The minimum Gasteiger partial charge on any atom is -0.343 e. The van der Waals surface area contributed by atoms with Gasteiger partial charge in [-0.25, -0.2) is 4.98 Å². The lowest BCUT2D eigenvalue weighted by atomic mass is 10.2. The Morgan fingerprint density at radius 1 is 1.36 bits per heavy atom. The maximum atomic E-state index is 12.6. The number of nitrogens with zero attached hydrogens (tertiary/aromatic N) is 4. The van der Waals surface area contributed by atoms with Crippen LogP contribution < -0.4 is 10.5 Å². The summed E-state index contributed by atoms with van der Waals surface area (Å²) in [7, 11) is 0. The fourth-order valence-corrected chi connectivity index (χ4v) is 3.72. The summed E-state index contributed by atoms with van der Waals surface area (Å²) in [5, 5.41) is 4.61. The van der Waals surface area contributed by atoms with Crippen LogP contribution in [0.2, 0.25) is 0 Å². The van der Waals surface area contributed by atoms with Crippen LogP contribution in [0, 0.1) is 0 Å². The Hall–Kier alpha value is -1.64. The lowest BCUT2D eigenvalue weighted by Crippen LogP contribution is -2.36. The molecule has 2 aromatic heterocycles. The average molecular weight is 332 g/mol. The molecule has 2 aromatic rings. The van der Waals surface area contributed by atoms with E-state index in [0.717, 1.165) is 41.5 Å². The van der Waals surface area contributed by atoms with E-state index in [4.69, 9.17) is 0 Å². The average Bonchev–Trinajstić information content (AvgIpc) is 3.07. The van der Waals surface area contributed by atoms with Gasteiger partial charge in [0.1, 0.15) is 0 Å². The summed E-state index contributed by atoms with van der Waals surface area (Å²) in [4.78, 5) is 17.9. The van der Waals surface area contributed by atoms with Gasteiger partial charge in [-0.15, -0.1) is 5.10 Å². The Morgan fingerprint density at radius 2 is 2.09 bits per heavy atom. The molecule has 0 saturated heterocycles. The second kappa shape index (κ2) is 5.86. The number of alkyl halides is 3. The molecule has 3 rings (SSSR count). The maximum absolute atomic E-state index is 12.6. The minimum absolute atomic E-state index is 0.0543. The van der Waals surface area contributed by atoms with Crippen LogP contribution in [0.1, 0.15) is 32.1 Å². The maximum Gasteiger partial charge on any atom is 0.390 e. The highest BCUT2D eigenvalue weighted by Crippen LogP contribution is 2.32. The van der Waals surface area contributed by atoms with Crippen molar-refractivity contribution in [2.24, 2.45) is 0 Å². The Kier molecular flexibility index (Phi) is 4.07. The number of hydrogen-bond acceptors (Lipinski definition) is 5. The van der Waals surface area contributed by atoms with Crippen LogP contribution in [0.15, 0.2) is 17.1 Å². The van der Waals surface area contributed by atoms with Crippen LogP contribution in [0.25, 0.3) is 4.96 Å². The summed E-state index contributed by atoms with van der Waals surface area (Å²) < 4.78 is 38.9. The first-order chi connectivity index (χ1) is 10.4. The van der Waals surface area contributed by atoms with Gasteiger partial charge in [-0.05, 0) is 12.8 Å². The van der Waals surface area contributed by atoms with E-state index in [-0.39, 0.29) is 18.1 Å². The fraction of sp³-hybridized carbons (Fsp3) is 0.615. The molecular weight excluding hydrogens is 317 g/mol. The van der Waals surface area contributed by atoms with E-state index in [2.05, 4.69) is 10.1 Å². The van der Waals surface area contributed by atoms with Gasteiger partial charge in [-0.1, -0.05) is 24.2 Å². The van der Waals surface area contributed by atoms with Crippen LogP contribution in [0.4, 0.5) is 18.3 Å². The van der Waals surface area contributed by atoms with Gasteiger partial charge in [0.05, 0.1) is 6.42 Å². The van der Waals surface area contributed by atoms with E-state index in [1.165, 1.54) is 12.3 Å². The number of fused-ring (bicyclic) bond motifs is 1. The van der Waals surface area contributed by atoms with E-state index in [9.17, 15) is 18.0 Å². The molecule has 120 valence electrons. The molecule has 22 heavy (non-hydrogen) atoms. The van der Waals surface area contributed by atoms with Crippen LogP contribution in [0.5, 0.6) is 0 Å². The van der Waals surface area contributed by atoms with E-state index in [1.54, 1.807) is 4.90 Å². The number of anilines is 1. The highest BCUT2D eigenvalue weighted by molar-refractivity contribution is 7.20. The molecule has 1 saturated carbocycles. The third-order valence-electron chi connectivity index (χ3n) is 3.81. The van der Waals surface area contributed by atoms with Crippen LogP contribution >= 0.6 is 11.3 Å². The van der Waals surface area contributed by atoms with Crippen molar-refractivity contribution < 1.29 is 13.2 Å².